The number of carbonyl (C=O) groups is 3. The van der Waals surface area contributed by atoms with Crippen LogP contribution in [-0.4, -0.2) is 97.6 Å². The van der Waals surface area contributed by atoms with Gasteiger partial charge in [-0.3, -0.25) is 14.4 Å². The Balaban J connectivity index is 0.000000137. The van der Waals surface area contributed by atoms with Gasteiger partial charge in [0.15, 0.2) is 0 Å². The number of benzene rings is 3. The van der Waals surface area contributed by atoms with E-state index in [2.05, 4.69) is 64.6 Å². The fraction of sp³-hybridized carbons (Fsp3) is 0.403. The summed E-state index contributed by atoms with van der Waals surface area (Å²) in [5, 5.41) is 26.6. The van der Waals surface area contributed by atoms with Gasteiger partial charge in [-0.25, -0.2) is 41.3 Å². The van der Waals surface area contributed by atoms with Crippen molar-refractivity contribution in [2.24, 2.45) is 23.7 Å². The Labute approximate surface area is 560 Å². The molecule has 0 spiro atoms. The van der Waals surface area contributed by atoms with E-state index < -0.39 is 29.1 Å². The van der Waals surface area contributed by atoms with Crippen molar-refractivity contribution in [3.05, 3.63) is 172 Å². The predicted octanol–water partition coefficient (Wildman–Crippen LogP) is 14.2. The van der Waals surface area contributed by atoms with Gasteiger partial charge < -0.3 is 36.4 Å². The molecule has 3 saturated heterocycles. The number of nitrogens with one attached hydrogen (secondary N) is 5. The van der Waals surface area contributed by atoms with Gasteiger partial charge in [-0.2, -0.15) is 5.26 Å². The maximum absolute atomic E-state index is 14.8. The number of carbonyl (C=O) groups excluding carboxylic acids is 3. The van der Waals surface area contributed by atoms with Gasteiger partial charge in [-0.05, 0) is 205 Å². The van der Waals surface area contributed by atoms with Gasteiger partial charge in [0.1, 0.15) is 55.5 Å². The molecule has 23 heteroatoms. The lowest BCUT2D eigenvalue weighted by atomic mass is 9.97. The first-order valence-corrected chi connectivity index (χ1v) is 34.9. The summed E-state index contributed by atoms with van der Waals surface area (Å²) in [5.74, 6) is -0.634. The molecule has 3 amide bonds. The second-order valence-corrected chi connectivity index (χ2v) is 29.0. The molecule has 4 unspecified atom stereocenters. The third-order valence-corrected chi connectivity index (χ3v) is 22.8. The van der Waals surface area contributed by atoms with Gasteiger partial charge in [0, 0.05) is 92.9 Å². The van der Waals surface area contributed by atoms with Crippen molar-refractivity contribution in [2.45, 2.75) is 105 Å². The number of piperidine rings is 2. The van der Waals surface area contributed by atoms with E-state index in [-0.39, 0.29) is 78.0 Å². The zero-order valence-corrected chi connectivity index (χ0v) is 56.3. The molecule has 9 heterocycles. The summed E-state index contributed by atoms with van der Waals surface area (Å²) in [5.41, 5.74) is 7.60. The first kappa shape index (κ1) is 66.8. The molecule has 14 nitrogen and oxygen atoms in total. The van der Waals surface area contributed by atoms with Crippen molar-refractivity contribution in [3.8, 4) is 6.07 Å². The van der Waals surface area contributed by atoms with E-state index in [1.54, 1.807) is 20.8 Å². The number of rotatable bonds is 16. The smallest absolute Gasteiger partial charge is 0.261 e. The average Bonchev–Trinajstić information content (AvgIpc) is 1.71. The Morgan fingerprint density at radius 2 is 0.989 bits per heavy atom. The Bertz CT molecular complexity index is 4460. The third kappa shape index (κ3) is 14.8. The number of hydrogen-bond acceptors (Lipinski definition) is 14. The van der Waals surface area contributed by atoms with Crippen molar-refractivity contribution in [3.63, 3.8) is 0 Å². The van der Waals surface area contributed by atoms with Gasteiger partial charge >= 0.3 is 0 Å². The number of anilines is 3. The minimum atomic E-state index is -0.485. The molecule has 3 aliphatic heterocycles. The fourth-order valence-electron chi connectivity index (χ4n) is 13.9. The number of aromatic nitrogens is 3. The van der Waals surface area contributed by atoms with Gasteiger partial charge in [-0.1, -0.05) is 6.07 Å². The molecular formula is C72H75F6N11O3S3. The SMILES string of the molecule is Cc1ccc2c(C)c(C(=O)NCCc3cc(F)c(NC4CNC4)cc3F)sc2n1.Cc1nc2sc(C(=O)NCCc3cc(F)c(N4CC5CCC(C5)C4)cc3F)c(C)c2cc1F.Cc1nc2sc(C(=O)NCCc3ccc(N4CC5CCC(C5)C4)c(C#N)c3)c(C)c2cc1F. The molecule has 4 bridgehead atoms. The lowest BCUT2D eigenvalue weighted by Crippen LogP contribution is -2.51. The summed E-state index contributed by atoms with van der Waals surface area (Å²) >= 11 is 3.83. The second kappa shape index (κ2) is 28.6. The summed E-state index contributed by atoms with van der Waals surface area (Å²) in [6, 6.07) is 20.3. The van der Waals surface area contributed by atoms with Crippen molar-refractivity contribution < 1.29 is 40.7 Å². The lowest BCUT2D eigenvalue weighted by molar-refractivity contribution is 0.0949. The zero-order valence-electron chi connectivity index (χ0n) is 53.9. The first-order valence-electron chi connectivity index (χ1n) is 32.4. The summed E-state index contributed by atoms with van der Waals surface area (Å²) in [7, 11) is 0. The topological polar surface area (TPSA) is 180 Å². The maximum Gasteiger partial charge on any atom is 0.261 e. The Morgan fingerprint density at radius 3 is 1.48 bits per heavy atom. The van der Waals surface area contributed by atoms with Gasteiger partial charge in [-0.15, -0.1) is 34.0 Å². The second-order valence-electron chi connectivity index (χ2n) is 26.0. The van der Waals surface area contributed by atoms with Crippen LogP contribution in [0.2, 0.25) is 0 Å². The molecule has 3 aromatic carbocycles. The van der Waals surface area contributed by atoms with Crippen molar-refractivity contribution in [1.82, 2.24) is 36.2 Å². The van der Waals surface area contributed by atoms with Crippen LogP contribution in [0.4, 0.5) is 43.4 Å². The molecule has 14 rings (SSSR count). The highest BCUT2D eigenvalue weighted by atomic mass is 32.1. The van der Waals surface area contributed by atoms with Gasteiger partial charge in [0.25, 0.3) is 17.7 Å². The molecule has 95 heavy (non-hydrogen) atoms. The molecule has 5 N–H and O–H groups in total. The predicted molar refractivity (Wildman–Crippen MR) is 366 cm³/mol. The molecule has 4 atom stereocenters. The molecule has 5 aliphatic rings. The van der Waals surface area contributed by atoms with E-state index in [4.69, 9.17) is 0 Å². The molecule has 9 aromatic rings. The number of nitrogens with zero attached hydrogens (tertiary/aromatic N) is 6. The zero-order chi connectivity index (χ0) is 66.9. The highest BCUT2D eigenvalue weighted by Gasteiger charge is 2.36. The quantitative estimate of drug-likeness (QED) is 0.0581. The average molecular weight is 1350 g/mol. The monoisotopic (exact) mass is 1350 g/mol. The molecule has 5 fully saturated rings. The highest BCUT2D eigenvalue weighted by molar-refractivity contribution is 7.21. The molecule has 496 valence electrons. The molecule has 6 aromatic heterocycles. The number of thiophene rings is 3. The van der Waals surface area contributed by atoms with Gasteiger partial charge in [0.05, 0.1) is 54.7 Å². The summed E-state index contributed by atoms with van der Waals surface area (Å²) < 4.78 is 86.0. The molecule has 2 aliphatic carbocycles. The minimum Gasteiger partial charge on any atom is -0.377 e. The van der Waals surface area contributed by atoms with Crippen molar-refractivity contribution >= 4 is 99.4 Å². The van der Waals surface area contributed by atoms with Crippen LogP contribution in [0.5, 0.6) is 0 Å². The van der Waals surface area contributed by atoms with E-state index in [0.29, 0.717) is 82.4 Å². The minimum absolute atomic E-state index is 0.122. The van der Waals surface area contributed by atoms with Crippen LogP contribution in [0.3, 0.4) is 0 Å². The lowest BCUT2D eigenvalue weighted by Gasteiger charge is -2.34. The van der Waals surface area contributed by atoms with Crippen molar-refractivity contribution in [1.29, 1.82) is 5.26 Å². The van der Waals surface area contributed by atoms with Crippen LogP contribution in [0.25, 0.3) is 30.6 Å². The third-order valence-electron chi connectivity index (χ3n) is 19.2. The van der Waals surface area contributed by atoms with Crippen LogP contribution >= 0.6 is 34.0 Å². The van der Waals surface area contributed by atoms with E-state index in [9.17, 15) is 46.0 Å². The Morgan fingerprint density at radius 1 is 0.526 bits per heavy atom. The normalized spacial score (nSPS) is 18.1. The maximum atomic E-state index is 14.8. The van der Waals surface area contributed by atoms with Gasteiger partial charge in [0.2, 0.25) is 0 Å². The summed E-state index contributed by atoms with van der Waals surface area (Å²) in [6.07, 6.45) is 8.52. The van der Waals surface area contributed by atoms with Crippen LogP contribution in [0, 0.1) is 111 Å². The Kier molecular flexibility index (Phi) is 20.2. The Hall–Kier alpha value is -8.17. The largest absolute Gasteiger partial charge is 0.377 e. The number of hydrogen-bond donors (Lipinski definition) is 5. The summed E-state index contributed by atoms with van der Waals surface area (Å²) in [4.78, 5) is 59.1. The number of amides is 3. The van der Waals surface area contributed by atoms with Crippen LogP contribution < -0.4 is 36.4 Å². The standard InChI is InChI=1S/C26H27FN4OS.C25H26F3N3OS.C21H22F2N4OS/c1-15-21-11-22(27)16(2)30-26(21)33-24(15)25(32)29-8-7-17-5-6-23(20(10-17)12-28)31-13-18-3-4-19(9-18)14-31;1-13-18-9-19(26)14(2)30-25(18)33-23(13)24(32)29-6-5-17-8-21(28)22(10-20(17)27)31-11-15-3-4-16(7-15)12-31;1-11-3-4-15-12(2)19(29-21(15)26-11)20(28)25-6-5-13-7-17(23)18(8-16(13)22)27-14-9-24-10-14/h5-6,10-11,18-19H,3-4,7-9,13-14H2,1-2H3,(H,29,32);8-10,15-16H,3-7,11-12H2,1-2H3,(H,29,32);3-4,7-8,14,24,27H,5-6,9-10H2,1-2H3,(H,25,28). The molecule has 2 saturated carbocycles. The van der Waals surface area contributed by atoms with E-state index in [1.165, 1.54) is 109 Å². The fourth-order valence-corrected chi connectivity index (χ4v) is 17.2. The summed E-state index contributed by atoms with van der Waals surface area (Å²) in [6.45, 7) is 16.6. The molecular weight excluding hydrogens is 1280 g/mol. The molecule has 0 radical (unpaired) electrons. The van der Waals surface area contributed by atoms with Crippen LogP contribution in [-0.2, 0) is 19.3 Å². The first-order chi connectivity index (χ1) is 45.6. The number of pyridine rings is 3. The van der Waals surface area contributed by atoms with E-state index >= 15 is 0 Å². The number of aryl methyl sites for hydroxylation is 6. The van der Waals surface area contributed by atoms with Crippen LogP contribution in [0.15, 0.2) is 66.7 Å². The van der Waals surface area contributed by atoms with Crippen LogP contribution in [0.1, 0.15) is 124 Å². The van der Waals surface area contributed by atoms with E-state index in [1.807, 2.05) is 43.9 Å². The van der Waals surface area contributed by atoms with Crippen molar-refractivity contribution in [2.75, 3.05) is 74.0 Å². The van der Waals surface area contributed by atoms with E-state index in [0.717, 1.165) is 89.4 Å². The number of halogens is 6. The number of nitriles is 1. The highest BCUT2D eigenvalue weighted by Crippen LogP contribution is 2.41. The number of fused-ring (bicyclic) bond motifs is 7.